The largest absolute Gasteiger partial charge is 0.478 e. The van der Waals surface area contributed by atoms with Gasteiger partial charge in [-0.2, -0.15) is 0 Å². The van der Waals surface area contributed by atoms with Crippen LogP contribution in [-0.2, 0) is 4.74 Å². The maximum absolute atomic E-state index is 13.1. The fourth-order valence-corrected chi connectivity index (χ4v) is 3.46. The average molecular weight is 390 g/mol. The second-order valence-electron chi connectivity index (χ2n) is 8.50. The van der Waals surface area contributed by atoms with Crippen LogP contribution in [0.5, 0.6) is 0 Å². The second-order valence-corrected chi connectivity index (χ2v) is 8.50. The molecule has 0 aromatic heterocycles. The molecule has 2 rings (SSSR count). The number of carbonyl (C=O) groups is 3. The van der Waals surface area contributed by atoms with Gasteiger partial charge in [0.05, 0.1) is 5.56 Å². The van der Waals surface area contributed by atoms with Crippen molar-refractivity contribution in [2.75, 3.05) is 19.6 Å². The normalized spacial score (nSPS) is 17.6. The van der Waals surface area contributed by atoms with Crippen LogP contribution in [0.4, 0.5) is 4.79 Å². The van der Waals surface area contributed by atoms with Crippen molar-refractivity contribution in [1.29, 1.82) is 0 Å². The summed E-state index contributed by atoms with van der Waals surface area (Å²) in [5.74, 6) is -1.35. The molecule has 1 aromatic rings. The number of piperazine rings is 1. The van der Waals surface area contributed by atoms with E-state index in [1.165, 1.54) is 6.07 Å². The molecule has 28 heavy (non-hydrogen) atoms. The number of nitrogens with zero attached hydrogens (tertiary/aromatic N) is 2. The monoisotopic (exact) mass is 390 g/mol. The molecule has 7 heteroatoms. The number of aromatic carboxylic acids is 1. The highest BCUT2D eigenvalue weighted by molar-refractivity contribution is 6.00. The van der Waals surface area contributed by atoms with E-state index in [9.17, 15) is 19.5 Å². The van der Waals surface area contributed by atoms with Gasteiger partial charge in [-0.15, -0.1) is 0 Å². The Kier molecular flexibility index (Phi) is 6.37. The van der Waals surface area contributed by atoms with Crippen molar-refractivity contribution in [3.05, 3.63) is 34.9 Å². The summed E-state index contributed by atoms with van der Waals surface area (Å²) in [6.07, 6.45) is -0.386. The van der Waals surface area contributed by atoms with Gasteiger partial charge < -0.3 is 19.6 Å². The van der Waals surface area contributed by atoms with Crippen LogP contribution in [0, 0.1) is 0 Å². The summed E-state index contributed by atoms with van der Waals surface area (Å²) >= 11 is 0. The van der Waals surface area contributed by atoms with Gasteiger partial charge in [0.25, 0.3) is 5.91 Å². The SMILES string of the molecule is CC(C)c1c(C(=O)O)cccc1C(=O)N1CCN(C(=O)OC(C)(C)C)[C@@H](C)C1. The molecular formula is C21H30N2O5. The molecule has 1 saturated heterocycles. The topological polar surface area (TPSA) is 87.2 Å². The van der Waals surface area contributed by atoms with E-state index >= 15 is 0 Å². The van der Waals surface area contributed by atoms with E-state index in [0.717, 1.165) is 0 Å². The first-order valence-corrected chi connectivity index (χ1v) is 9.57. The van der Waals surface area contributed by atoms with Crippen LogP contribution in [-0.4, -0.2) is 64.2 Å². The Balaban J connectivity index is 2.21. The van der Waals surface area contributed by atoms with E-state index < -0.39 is 11.6 Å². The third-order valence-electron chi connectivity index (χ3n) is 4.69. The zero-order valence-corrected chi connectivity index (χ0v) is 17.5. The number of hydrogen-bond acceptors (Lipinski definition) is 4. The highest BCUT2D eigenvalue weighted by Gasteiger charge is 2.34. The molecule has 0 unspecified atom stereocenters. The van der Waals surface area contributed by atoms with Gasteiger partial charge in [0.15, 0.2) is 0 Å². The zero-order chi connectivity index (χ0) is 21.2. The summed E-state index contributed by atoms with van der Waals surface area (Å²) < 4.78 is 5.44. The Morgan fingerprint density at radius 2 is 1.75 bits per heavy atom. The van der Waals surface area contributed by atoms with Crippen molar-refractivity contribution < 1.29 is 24.2 Å². The van der Waals surface area contributed by atoms with Crippen LogP contribution >= 0.6 is 0 Å². The van der Waals surface area contributed by atoms with Gasteiger partial charge in [-0.05, 0) is 51.3 Å². The van der Waals surface area contributed by atoms with Crippen LogP contribution < -0.4 is 0 Å². The van der Waals surface area contributed by atoms with E-state index in [0.29, 0.717) is 30.8 Å². The van der Waals surface area contributed by atoms with Gasteiger partial charge in [-0.1, -0.05) is 19.9 Å². The lowest BCUT2D eigenvalue weighted by Crippen LogP contribution is -2.56. The molecule has 154 valence electrons. The van der Waals surface area contributed by atoms with Crippen molar-refractivity contribution in [3.8, 4) is 0 Å². The number of hydrogen-bond donors (Lipinski definition) is 1. The second kappa shape index (κ2) is 8.20. The molecule has 0 bridgehead atoms. The van der Waals surface area contributed by atoms with Gasteiger partial charge in [0.1, 0.15) is 5.60 Å². The van der Waals surface area contributed by atoms with Crippen molar-refractivity contribution in [2.45, 2.75) is 59.1 Å². The highest BCUT2D eigenvalue weighted by Crippen LogP contribution is 2.26. The van der Waals surface area contributed by atoms with E-state index in [4.69, 9.17) is 4.74 Å². The standard InChI is InChI=1S/C21H30N2O5/c1-13(2)17-15(8-7-9-16(17)19(25)26)18(24)22-10-11-23(14(3)12-22)20(27)28-21(4,5)6/h7-9,13-14H,10-12H2,1-6H3,(H,25,26)/t14-/m0/s1. The number of carboxylic acid groups (broad SMARTS) is 1. The van der Waals surface area contributed by atoms with Gasteiger partial charge in [0, 0.05) is 31.2 Å². The Bertz CT molecular complexity index is 767. The Labute approximate surface area is 166 Å². The van der Waals surface area contributed by atoms with Crippen molar-refractivity contribution in [1.82, 2.24) is 9.80 Å². The fourth-order valence-electron chi connectivity index (χ4n) is 3.46. The number of benzene rings is 1. The molecular weight excluding hydrogens is 360 g/mol. The number of amides is 2. The van der Waals surface area contributed by atoms with Crippen LogP contribution in [0.2, 0.25) is 0 Å². The lowest BCUT2D eigenvalue weighted by molar-refractivity contribution is 0.00194. The number of carbonyl (C=O) groups excluding carboxylic acids is 2. The molecule has 1 N–H and O–H groups in total. The first-order chi connectivity index (χ1) is 12.9. The molecule has 1 heterocycles. The molecule has 7 nitrogen and oxygen atoms in total. The third kappa shape index (κ3) is 4.82. The summed E-state index contributed by atoms with van der Waals surface area (Å²) in [6.45, 7) is 12.2. The van der Waals surface area contributed by atoms with Crippen LogP contribution in [0.15, 0.2) is 18.2 Å². The van der Waals surface area contributed by atoms with Gasteiger partial charge in [-0.3, -0.25) is 4.79 Å². The highest BCUT2D eigenvalue weighted by atomic mass is 16.6. The van der Waals surface area contributed by atoms with Crippen LogP contribution in [0.3, 0.4) is 0 Å². The Hall–Kier alpha value is -2.57. The first-order valence-electron chi connectivity index (χ1n) is 9.57. The Morgan fingerprint density at radius 3 is 2.25 bits per heavy atom. The third-order valence-corrected chi connectivity index (χ3v) is 4.69. The quantitative estimate of drug-likeness (QED) is 0.852. The van der Waals surface area contributed by atoms with E-state index in [1.807, 2.05) is 41.5 Å². The number of rotatable bonds is 3. The maximum Gasteiger partial charge on any atom is 0.410 e. The van der Waals surface area contributed by atoms with Crippen LogP contribution in [0.1, 0.15) is 73.7 Å². The summed E-state index contributed by atoms with van der Waals surface area (Å²) in [7, 11) is 0. The zero-order valence-electron chi connectivity index (χ0n) is 17.5. The predicted octanol–water partition coefficient (Wildman–Crippen LogP) is 3.59. The lowest BCUT2D eigenvalue weighted by Gasteiger charge is -2.40. The minimum Gasteiger partial charge on any atom is -0.478 e. The van der Waals surface area contributed by atoms with Crippen molar-refractivity contribution in [3.63, 3.8) is 0 Å². The van der Waals surface area contributed by atoms with Gasteiger partial charge in [0.2, 0.25) is 0 Å². The number of ether oxygens (including phenoxy) is 1. The molecule has 0 spiro atoms. The first kappa shape index (κ1) is 21.7. The maximum atomic E-state index is 13.1. The molecule has 1 aliphatic heterocycles. The van der Waals surface area contributed by atoms with E-state index in [-0.39, 0.29) is 29.5 Å². The summed E-state index contributed by atoms with van der Waals surface area (Å²) in [4.78, 5) is 40.4. The van der Waals surface area contributed by atoms with E-state index in [1.54, 1.807) is 21.9 Å². The smallest absolute Gasteiger partial charge is 0.410 e. The summed E-state index contributed by atoms with van der Waals surface area (Å²) in [5.41, 5.74) is 0.532. The minimum absolute atomic E-state index is 0.105. The van der Waals surface area contributed by atoms with Gasteiger partial charge in [-0.25, -0.2) is 9.59 Å². The average Bonchev–Trinajstić information content (AvgIpc) is 2.58. The molecule has 2 amide bonds. The Morgan fingerprint density at radius 1 is 1.14 bits per heavy atom. The van der Waals surface area contributed by atoms with E-state index in [2.05, 4.69) is 0 Å². The molecule has 0 radical (unpaired) electrons. The van der Waals surface area contributed by atoms with Crippen molar-refractivity contribution in [2.24, 2.45) is 0 Å². The molecule has 1 fully saturated rings. The molecule has 1 atom stereocenters. The number of carboxylic acids is 1. The molecule has 0 saturated carbocycles. The minimum atomic E-state index is -1.04. The predicted molar refractivity (Wildman–Crippen MR) is 106 cm³/mol. The molecule has 1 aliphatic rings. The molecule has 1 aromatic carbocycles. The molecule has 0 aliphatic carbocycles. The van der Waals surface area contributed by atoms with Crippen LogP contribution in [0.25, 0.3) is 0 Å². The lowest BCUT2D eigenvalue weighted by atomic mass is 9.91. The fraction of sp³-hybridized carbons (Fsp3) is 0.571. The van der Waals surface area contributed by atoms with Crippen molar-refractivity contribution >= 4 is 18.0 Å². The summed E-state index contributed by atoms with van der Waals surface area (Å²) in [6, 6.07) is 4.60. The van der Waals surface area contributed by atoms with Gasteiger partial charge >= 0.3 is 12.1 Å². The summed E-state index contributed by atoms with van der Waals surface area (Å²) in [5, 5.41) is 9.48.